The Morgan fingerprint density at radius 2 is 1.32 bits per heavy atom. The van der Waals surface area contributed by atoms with Gasteiger partial charge in [0.1, 0.15) is 17.2 Å². The number of hydrogen-bond acceptors (Lipinski definition) is 4. The van der Waals surface area contributed by atoms with Gasteiger partial charge in [-0.1, -0.05) is 91.0 Å². The quantitative estimate of drug-likeness (QED) is 0.312. The standard InChI is InChI=1S/C31H33N3O4/c1-30(2,3)38-29(37)33(4)27(28(35)36)20-26-21-34(22-32-26)31(23-14-8-5-9-15-23,24-16-10-6-11-17-24)25-18-12-7-13-19-25/h5-19,21-22,27H,20H2,1-4H3,(H,35,36)/t27-/m1/s1. The van der Waals surface area contributed by atoms with Gasteiger partial charge in [-0.05, 0) is 37.5 Å². The summed E-state index contributed by atoms with van der Waals surface area (Å²) in [6, 6.07) is 29.3. The summed E-state index contributed by atoms with van der Waals surface area (Å²) in [5.41, 5.74) is 2.13. The van der Waals surface area contributed by atoms with Crippen molar-refractivity contribution in [2.24, 2.45) is 0 Å². The average molecular weight is 512 g/mol. The number of nitrogens with zero attached hydrogens (tertiary/aromatic N) is 3. The minimum Gasteiger partial charge on any atom is -0.480 e. The summed E-state index contributed by atoms with van der Waals surface area (Å²) in [6.07, 6.45) is 2.92. The summed E-state index contributed by atoms with van der Waals surface area (Å²) in [4.78, 5) is 30.6. The Balaban J connectivity index is 1.81. The van der Waals surface area contributed by atoms with E-state index in [0.29, 0.717) is 5.69 Å². The average Bonchev–Trinajstić information content (AvgIpc) is 3.37. The van der Waals surface area contributed by atoms with Gasteiger partial charge in [0.2, 0.25) is 0 Å². The predicted molar refractivity (Wildman–Crippen MR) is 146 cm³/mol. The second-order valence-corrected chi connectivity index (χ2v) is 10.2. The number of imidazole rings is 1. The lowest BCUT2D eigenvalue weighted by Gasteiger charge is -2.37. The lowest BCUT2D eigenvalue weighted by atomic mass is 9.77. The van der Waals surface area contributed by atoms with Gasteiger partial charge in [-0.15, -0.1) is 0 Å². The van der Waals surface area contributed by atoms with Crippen molar-refractivity contribution in [2.75, 3.05) is 7.05 Å². The van der Waals surface area contributed by atoms with Gasteiger partial charge in [0, 0.05) is 19.7 Å². The Morgan fingerprint density at radius 3 is 1.71 bits per heavy atom. The second kappa shape index (κ2) is 10.9. The first-order valence-corrected chi connectivity index (χ1v) is 12.5. The Bertz CT molecular complexity index is 1270. The van der Waals surface area contributed by atoms with Crippen molar-refractivity contribution in [2.45, 2.75) is 44.4 Å². The first kappa shape index (κ1) is 26.7. The van der Waals surface area contributed by atoms with Gasteiger partial charge >= 0.3 is 12.1 Å². The van der Waals surface area contributed by atoms with E-state index in [4.69, 9.17) is 4.74 Å². The zero-order chi connectivity index (χ0) is 27.3. The van der Waals surface area contributed by atoms with E-state index in [1.807, 2.05) is 65.4 Å². The number of benzene rings is 3. The van der Waals surface area contributed by atoms with E-state index in [0.717, 1.165) is 21.6 Å². The minimum atomic E-state index is -1.15. The van der Waals surface area contributed by atoms with Gasteiger partial charge in [0.15, 0.2) is 0 Å². The van der Waals surface area contributed by atoms with Crippen molar-refractivity contribution in [1.29, 1.82) is 0 Å². The summed E-state index contributed by atoms with van der Waals surface area (Å²) in [5, 5.41) is 9.97. The number of carboxylic acid groups (broad SMARTS) is 1. The van der Waals surface area contributed by atoms with Crippen molar-refractivity contribution in [3.05, 3.63) is 126 Å². The highest BCUT2D eigenvalue weighted by atomic mass is 16.6. The zero-order valence-electron chi connectivity index (χ0n) is 22.1. The normalized spacial score (nSPS) is 12.5. The fraction of sp³-hybridized carbons (Fsp3) is 0.258. The van der Waals surface area contributed by atoms with Crippen molar-refractivity contribution >= 4 is 12.1 Å². The lowest BCUT2D eigenvalue weighted by Crippen LogP contribution is -2.46. The highest BCUT2D eigenvalue weighted by molar-refractivity contribution is 5.80. The van der Waals surface area contributed by atoms with Gasteiger partial charge in [-0.3, -0.25) is 4.90 Å². The number of hydrogen-bond donors (Lipinski definition) is 1. The van der Waals surface area contributed by atoms with Crippen molar-refractivity contribution in [3.8, 4) is 0 Å². The van der Waals surface area contributed by atoms with Crippen LogP contribution in [-0.2, 0) is 21.5 Å². The molecule has 0 unspecified atom stereocenters. The van der Waals surface area contributed by atoms with Crippen LogP contribution in [0.5, 0.6) is 0 Å². The molecule has 196 valence electrons. The molecule has 1 atom stereocenters. The third-order valence-corrected chi connectivity index (χ3v) is 6.43. The van der Waals surface area contributed by atoms with E-state index in [-0.39, 0.29) is 6.42 Å². The second-order valence-electron chi connectivity index (χ2n) is 10.2. The highest BCUT2D eigenvalue weighted by Crippen LogP contribution is 2.40. The van der Waals surface area contributed by atoms with Crippen LogP contribution in [0.4, 0.5) is 4.79 Å². The van der Waals surface area contributed by atoms with Crippen LogP contribution in [0.3, 0.4) is 0 Å². The molecule has 1 N–H and O–H groups in total. The fourth-order valence-corrected chi connectivity index (χ4v) is 4.69. The maximum atomic E-state index is 12.6. The molecule has 7 nitrogen and oxygen atoms in total. The molecule has 0 saturated heterocycles. The van der Waals surface area contributed by atoms with E-state index >= 15 is 0 Å². The van der Waals surface area contributed by atoms with Gasteiger partial charge in [-0.25, -0.2) is 14.6 Å². The van der Waals surface area contributed by atoms with Gasteiger partial charge < -0.3 is 14.4 Å². The third-order valence-electron chi connectivity index (χ3n) is 6.43. The number of carbonyl (C=O) groups excluding carboxylic acids is 1. The number of aromatic nitrogens is 2. The van der Waals surface area contributed by atoms with Crippen LogP contribution < -0.4 is 0 Å². The largest absolute Gasteiger partial charge is 0.480 e. The van der Waals surface area contributed by atoms with Crippen LogP contribution in [0.15, 0.2) is 104 Å². The fourth-order valence-electron chi connectivity index (χ4n) is 4.69. The molecule has 0 aliphatic carbocycles. The number of carboxylic acids is 1. The number of ether oxygens (including phenoxy) is 1. The van der Waals surface area contributed by atoms with Crippen LogP contribution in [0, 0.1) is 0 Å². The topological polar surface area (TPSA) is 84.7 Å². The third kappa shape index (κ3) is 5.47. The summed E-state index contributed by atoms with van der Waals surface area (Å²) < 4.78 is 7.42. The molecule has 38 heavy (non-hydrogen) atoms. The maximum absolute atomic E-state index is 12.6. The first-order valence-electron chi connectivity index (χ1n) is 12.5. The van der Waals surface area contributed by atoms with E-state index < -0.39 is 29.2 Å². The summed E-state index contributed by atoms with van der Waals surface area (Å²) in [7, 11) is 1.44. The molecule has 0 fully saturated rings. The van der Waals surface area contributed by atoms with Gasteiger partial charge in [0.05, 0.1) is 12.0 Å². The van der Waals surface area contributed by atoms with Gasteiger partial charge in [-0.2, -0.15) is 0 Å². The molecule has 1 amide bonds. The molecular weight excluding hydrogens is 478 g/mol. The molecule has 7 heteroatoms. The number of aliphatic carboxylic acids is 1. The molecule has 0 bridgehead atoms. The monoisotopic (exact) mass is 511 g/mol. The Kier molecular flexibility index (Phi) is 7.67. The first-order chi connectivity index (χ1) is 18.1. The minimum absolute atomic E-state index is 0.0204. The number of amides is 1. The molecule has 4 rings (SSSR count). The molecular formula is C31H33N3O4. The number of likely N-dealkylation sites (N-methyl/N-ethyl adjacent to an activating group) is 1. The predicted octanol–water partition coefficient (Wildman–Crippen LogP) is 5.59. The van der Waals surface area contributed by atoms with Crippen LogP contribution in [0.1, 0.15) is 43.2 Å². The molecule has 1 aromatic heterocycles. The Hall–Kier alpha value is -4.39. The molecule has 0 spiro atoms. The highest BCUT2D eigenvalue weighted by Gasteiger charge is 2.39. The molecule has 1 heterocycles. The van der Waals surface area contributed by atoms with Crippen molar-refractivity contribution in [1.82, 2.24) is 14.5 Å². The van der Waals surface area contributed by atoms with Gasteiger partial charge in [0.25, 0.3) is 0 Å². The smallest absolute Gasteiger partial charge is 0.410 e. The summed E-state index contributed by atoms with van der Waals surface area (Å²) in [5.74, 6) is -1.13. The van der Waals surface area contributed by atoms with E-state index in [1.54, 1.807) is 27.1 Å². The lowest BCUT2D eigenvalue weighted by molar-refractivity contribution is -0.142. The zero-order valence-corrected chi connectivity index (χ0v) is 22.1. The Labute approximate surface area is 223 Å². The summed E-state index contributed by atoms with van der Waals surface area (Å²) in [6.45, 7) is 5.23. The molecule has 0 radical (unpaired) electrons. The molecule has 0 saturated carbocycles. The van der Waals surface area contributed by atoms with Crippen LogP contribution in [0.2, 0.25) is 0 Å². The molecule has 4 aromatic rings. The van der Waals surface area contributed by atoms with Crippen molar-refractivity contribution in [3.63, 3.8) is 0 Å². The van der Waals surface area contributed by atoms with Crippen LogP contribution in [0.25, 0.3) is 0 Å². The summed E-state index contributed by atoms with van der Waals surface area (Å²) >= 11 is 0. The number of carbonyl (C=O) groups is 2. The van der Waals surface area contributed by atoms with E-state index in [9.17, 15) is 14.7 Å². The van der Waals surface area contributed by atoms with Crippen molar-refractivity contribution < 1.29 is 19.4 Å². The molecule has 0 aliphatic heterocycles. The van der Waals surface area contributed by atoms with E-state index in [1.165, 1.54) is 7.05 Å². The number of rotatable bonds is 8. The van der Waals surface area contributed by atoms with Crippen LogP contribution in [-0.4, -0.2) is 50.3 Å². The molecule has 3 aromatic carbocycles. The van der Waals surface area contributed by atoms with E-state index in [2.05, 4.69) is 41.4 Å². The molecule has 0 aliphatic rings. The SMILES string of the molecule is CN(C(=O)OC(C)(C)C)[C@H](Cc1cn(C(c2ccccc2)(c2ccccc2)c2ccccc2)cn1)C(=O)O. The van der Waals surface area contributed by atoms with Crippen LogP contribution >= 0.6 is 0 Å². The Morgan fingerprint density at radius 1 is 0.868 bits per heavy atom. The maximum Gasteiger partial charge on any atom is 0.410 e.